The molecular weight excluding hydrogens is 251 g/mol. The van der Waals surface area contributed by atoms with E-state index in [1.165, 1.54) is 24.8 Å². The third-order valence-corrected chi connectivity index (χ3v) is 4.57. The van der Waals surface area contributed by atoms with E-state index in [1.807, 2.05) is 12.1 Å². The third-order valence-electron chi connectivity index (χ3n) is 4.57. The van der Waals surface area contributed by atoms with Crippen LogP contribution in [0.5, 0.6) is 0 Å². The smallest absolute Gasteiger partial charge is 0.123 e. The molecule has 1 fully saturated rings. The Kier molecular flexibility index (Phi) is 5.99. The van der Waals surface area contributed by atoms with Gasteiger partial charge >= 0.3 is 0 Å². The average Bonchev–Trinajstić information content (AvgIpc) is 2.93. The Bertz CT molecular complexity index is 390. The van der Waals surface area contributed by atoms with Crippen molar-refractivity contribution in [3.63, 3.8) is 0 Å². The molecule has 1 aliphatic rings. The average molecular weight is 278 g/mol. The summed E-state index contributed by atoms with van der Waals surface area (Å²) in [6.45, 7) is 3.93. The standard InChI is InChI=1S/C17H27FN2/c1-2-20-17(7-4-12-19)16-6-3-5-15(16)13-8-10-14(18)11-9-13/h8-11,15-17,20H,2-7,12,19H2,1H3. The van der Waals surface area contributed by atoms with E-state index in [0.717, 1.165) is 25.9 Å². The van der Waals surface area contributed by atoms with Crippen LogP contribution in [0.1, 0.15) is 50.5 Å². The minimum Gasteiger partial charge on any atom is -0.330 e. The first-order valence-corrected chi connectivity index (χ1v) is 7.95. The Hall–Kier alpha value is -0.930. The number of benzene rings is 1. The normalized spacial score (nSPS) is 23.9. The van der Waals surface area contributed by atoms with Crippen molar-refractivity contribution in [3.8, 4) is 0 Å². The van der Waals surface area contributed by atoms with E-state index in [1.54, 1.807) is 12.1 Å². The molecule has 1 aliphatic carbocycles. The Labute approximate surface area is 121 Å². The SMILES string of the molecule is CCNC(CCCN)C1CCCC1c1ccc(F)cc1. The molecule has 1 aromatic rings. The predicted molar refractivity (Wildman–Crippen MR) is 82.2 cm³/mol. The van der Waals surface area contributed by atoms with Crippen LogP contribution in [0.2, 0.25) is 0 Å². The molecule has 0 heterocycles. The summed E-state index contributed by atoms with van der Waals surface area (Å²) in [5, 5.41) is 3.64. The lowest BCUT2D eigenvalue weighted by Gasteiger charge is -2.30. The van der Waals surface area contributed by atoms with Gasteiger partial charge in [-0.25, -0.2) is 4.39 Å². The number of hydrogen-bond donors (Lipinski definition) is 2. The van der Waals surface area contributed by atoms with Gasteiger partial charge in [-0.1, -0.05) is 25.5 Å². The first-order chi connectivity index (χ1) is 9.76. The van der Waals surface area contributed by atoms with Gasteiger partial charge in [-0.05, 0) is 68.3 Å². The summed E-state index contributed by atoms with van der Waals surface area (Å²) in [6.07, 6.45) is 5.99. The number of rotatable bonds is 7. The lowest BCUT2D eigenvalue weighted by Crippen LogP contribution is -2.37. The third kappa shape index (κ3) is 3.80. The Morgan fingerprint density at radius 3 is 2.70 bits per heavy atom. The molecule has 2 rings (SSSR count). The van der Waals surface area contributed by atoms with Crippen molar-refractivity contribution in [1.29, 1.82) is 0 Å². The summed E-state index contributed by atoms with van der Waals surface area (Å²) in [5.74, 6) is 1.08. The van der Waals surface area contributed by atoms with Crippen LogP contribution in [0, 0.1) is 11.7 Å². The van der Waals surface area contributed by atoms with Crippen LogP contribution >= 0.6 is 0 Å². The Morgan fingerprint density at radius 1 is 1.30 bits per heavy atom. The van der Waals surface area contributed by atoms with E-state index in [9.17, 15) is 4.39 Å². The van der Waals surface area contributed by atoms with E-state index in [0.29, 0.717) is 17.9 Å². The summed E-state index contributed by atoms with van der Waals surface area (Å²) in [6, 6.07) is 7.65. The van der Waals surface area contributed by atoms with Crippen molar-refractivity contribution in [2.75, 3.05) is 13.1 Å². The fourth-order valence-corrected chi connectivity index (χ4v) is 3.66. The van der Waals surface area contributed by atoms with Gasteiger partial charge in [-0.2, -0.15) is 0 Å². The van der Waals surface area contributed by atoms with Gasteiger partial charge in [-0.15, -0.1) is 0 Å². The highest BCUT2D eigenvalue weighted by molar-refractivity contribution is 5.23. The van der Waals surface area contributed by atoms with Crippen LogP contribution in [-0.2, 0) is 0 Å². The van der Waals surface area contributed by atoms with Crippen LogP contribution in [-0.4, -0.2) is 19.1 Å². The number of halogens is 1. The summed E-state index contributed by atoms with van der Waals surface area (Å²) in [5.41, 5.74) is 6.96. The van der Waals surface area contributed by atoms with Gasteiger partial charge in [0, 0.05) is 6.04 Å². The zero-order chi connectivity index (χ0) is 14.4. The summed E-state index contributed by atoms with van der Waals surface area (Å²) in [4.78, 5) is 0. The molecule has 2 nitrogen and oxygen atoms in total. The number of nitrogens with one attached hydrogen (secondary N) is 1. The van der Waals surface area contributed by atoms with Gasteiger partial charge in [0.05, 0.1) is 0 Å². The molecule has 3 unspecified atom stereocenters. The summed E-state index contributed by atoms with van der Waals surface area (Å²) in [7, 11) is 0. The highest BCUT2D eigenvalue weighted by atomic mass is 19.1. The largest absolute Gasteiger partial charge is 0.330 e. The van der Waals surface area contributed by atoms with Crippen LogP contribution in [0.3, 0.4) is 0 Å². The maximum Gasteiger partial charge on any atom is 0.123 e. The van der Waals surface area contributed by atoms with Gasteiger partial charge in [0.2, 0.25) is 0 Å². The van der Waals surface area contributed by atoms with E-state index in [4.69, 9.17) is 5.73 Å². The van der Waals surface area contributed by atoms with Crippen molar-refractivity contribution in [1.82, 2.24) is 5.32 Å². The molecule has 0 aliphatic heterocycles. The summed E-state index contributed by atoms with van der Waals surface area (Å²) >= 11 is 0. The molecule has 1 saturated carbocycles. The van der Waals surface area contributed by atoms with Crippen LogP contribution in [0.4, 0.5) is 4.39 Å². The quantitative estimate of drug-likeness (QED) is 0.802. The minimum atomic E-state index is -0.144. The van der Waals surface area contributed by atoms with Crippen molar-refractivity contribution in [2.45, 2.75) is 51.0 Å². The number of nitrogens with two attached hydrogens (primary N) is 1. The van der Waals surface area contributed by atoms with Crippen molar-refractivity contribution in [3.05, 3.63) is 35.6 Å². The lowest BCUT2D eigenvalue weighted by molar-refractivity contribution is 0.315. The second kappa shape index (κ2) is 7.75. The molecule has 3 atom stereocenters. The molecule has 0 bridgehead atoms. The maximum atomic E-state index is 13.1. The lowest BCUT2D eigenvalue weighted by atomic mass is 9.82. The first-order valence-electron chi connectivity index (χ1n) is 7.95. The first kappa shape index (κ1) is 15.5. The molecule has 20 heavy (non-hydrogen) atoms. The highest BCUT2D eigenvalue weighted by Gasteiger charge is 2.33. The molecule has 0 spiro atoms. The monoisotopic (exact) mass is 278 g/mol. The van der Waals surface area contributed by atoms with Gasteiger partial charge in [0.1, 0.15) is 5.82 Å². The maximum absolute atomic E-state index is 13.1. The summed E-state index contributed by atoms with van der Waals surface area (Å²) < 4.78 is 13.1. The fraction of sp³-hybridized carbons (Fsp3) is 0.647. The molecule has 112 valence electrons. The highest BCUT2D eigenvalue weighted by Crippen LogP contribution is 2.42. The van der Waals surface area contributed by atoms with Crippen LogP contribution in [0.15, 0.2) is 24.3 Å². The molecule has 0 aromatic heterocycles. The Morgan fingerprint density at radius 2 is 2.05 bits per heavy atom. The number of hydrogen-bond acceptors (Lipinski definition) is 2. The molecule has 0 amide bonds. The molecule has 3 heteroatoms. The van der Waals surface area contributed by atoms with Gasteiger partial charge < -0.3 is 11.1 Å². The second-order valence-corrected chi connectivity index (χ2v) is 5.85. The van der Waals surface area contributed by atoms with Crippen molar-refractivity contribution >= 4 is 0 Å². The Balaban J connectivity index is 2.09. The van der Waals surface area contributed by atoms with E-state index < -0.39 is 0 Å². The van der Waals surface area contributed by atoms with Crippen LogP contribution in [0.25, 0.3) is 0 Å². The van der Waals surface area contributed by atoms with Gasteiger partial charge in [0.25, 0.3) is 0 Å². The predicted octanol–water partition coefficient (Wildman–Crippen LogP) is 3.43. The molecular formula is C17H27FN2. The van der Waals surface area contributed by atoms with E-state index >= 15 is 0 Å². The van der Waals surface area contributed by atoms with Crippen LogP contribution < -0.4 is 11.1 Å². The van der Waals surface area contributed by atoms with Crippen molar-refractivity contribution < 1.29 is 4.39 Å². The molecule has 3 N–H and O–H groups in total. The van der Waals surface area contributed by atoms with Crippen molar-refractivity contribution in [2.24, 2.45) is 11.7 Å². The molecule has 1 aromatic carbocycles. The van der Waals surface area contributed by atoms with Gasteiger partial charge in [-0.3, -0.25) is 0 Å². The van der Waals surface area contributed by atoms with E-state index in [-0.39, 0.29) is 5.82 Å². The zero-order valence-electron chi connectivity index (χ0n) is 12.4. The molecule has 0 saturated heterocycles. The fourth-order valence-electron chi connectivity index (χ4n) is 3.66. The minimum absolute atomic E-state index is 0.144. The second-order valence-electron chi connectivity index (χ2n) is 5.85. The van der Waals surface area contributed by atoms with Gasteiger partial charge in [0.15, 0.2) is 0 Å². The topological polar surface area (TPSA) is 38.0 Å². The zero-order valence-corrected chi connectivity index (χ0v) is 12.4. The van der Waals surface area contributed by atoms with E-state index in [2.05, 4.69) is 12.2 Å². The molecule has 0 radical (unpaired) electrons.